The average Bonchev–Trinajstić information content (AvgIpc) is 3.13. The Morgan fingerprint density at radius 1 is 1.29 bits per heavy atom. The molecular weight excluding hydrogens is 330 g/mol. The molecule has 24 heavy (non-hydrogen) atoms. The summed E-state index contributed by atoms with van der Waals surface area (Å²) >= 11 is 0. The molecule has 2 aromatic heterocycles. The molecule has 128 valence electrons. The summed E-state index contributed by atoms with van der Waals surface area (Å²) in [6.45, 7) is 2.02. The molecule has 1 spiro atoms. The van der Waals surface area contributed by atoms with E-state index in [1.165, 1.54) is 0 Å². The molecule has 0 aromatic carbocycles. The topological polar surface area (TPSA) is 85.5 Å². The maximum Gasteiger partial charge on any atom is 0.316 e. The van der Waals surface area contributed by atoms with E-state index in [9.17, 15) is 8.42 Å². The molecule has 4 heterocycles. The van der Waals surface area contributed by atoms with Crippen LogP contribution in [0.25, 0.3) is 0 Å². The normalized spacial score (nSPS) is 24.8. The van der Waals surface area contributed by atoms with Gasteiger partial charge in [0.15, 0.2) is 9.84 Å². The summed E-state index contributed by atoms with van der Waals surface area (Å²) in [4.78, 5) is 10.2. The smallest absolute Gasteiger partial charge is 0.316 e. The number of aromatic nitrogens is 2. The molecule has 4 rings (SSSR count). The van der Waals surface area contributed by atoms with Gasteiger partial charge < -0.3 is 9.15 Å². The average molecular weight is 349 g/mol. The van der Waals surface area contributed by atoms with Crippen molar-refractivity contribution < 1.29 is 17.6 Å². The van der Waals surface area contributed by atoms with Crippen molar-refractivity contribution in [2.75, 3.05) is 25.4 Å². The molecule has 0 amide bonds. The maximum absolute atomic E-state index is 12.6. The van der Waals surface area contributed by atoms with Gasteiger partial charge >= 0.3 is 6.01 Å². The Kier molecular flexibility index (Phi) is 3.80. The van der Waals surface area contributed by atoms with Crippen molar-refractivity contribution in [3.05, 3.63) is 42.6 Å². The first kappa shape index (κ1) is 15.6. The lowest BCUT2D eigenvalue weighted by molar-refractivity contribution is 0.0522. The van der Waals surface area contributed by atoms with Gasteiger partial charge in [-0.1, -0.05) is 0 Å². The summed E-state index contributed by atoms with van der Waals surface area (Å²) in [6, 6.07) is 5.76. The van der Waals surface area contributed by atoms with E-state index in [1.807, 2.05) is 12.1 Å². The van der Waals surface area contributed by atoms with Crippen LogP contribution in [0.15, 0.2) is 41.3 Å². The van der Waals surface area contributed by atoms with E-state index < -0.39 is 14.6 Å². The second-order valence-electron chi connectivity index (χ2n) is 6.44. The first-order chi connectivity index (χ1) is 11.6. The van der Waals surface area contributed by atoms with E-state index >= 15 is 0 Å². The quantitative estimate of drug-likeness (QED) is 0.800. The zero-order valence-corrected chi connectivity index (χ0v) is 14.0. The van der Waals surface area contributed by atoms with E-state index in [-0.39, 0.29) is 11.7 Å². The Balaban J connectivity index is 1.43. The van der Waals surface area contributed by atoms with Gasteiger partial charge in [-0.15, -0.1) is 0 Å². The Bertz CT molecular complexity index is 786. The minimum absolute atomic E-state index is 0.0286. The molecule has 2 aromatic rings. The Morgan fingerprint density at radius 2 is 2.08 bits per heavy atom. The first-order valence-electron chi connectivity index (χ1n) is 7.96. The second-order valence-corrected chi connectivity index (χ2v) is 8.89. The minimum atomic E-state index is -3.11. The zero-order chi connectivity index (χ0) is 16.6. The standard InChI is InChI=1S/C16H19N3O4S/c20-24(21)8-4-13(10-23-15-17-5-2-6-18-15)16(24)11-19(12-16)9-14-3-1-7-22-14/h1-3,5-7,13H,4,8-12H2. The molecule has 0 saturated carbocycles. The van der Waals surface area contributed by atoms with E-state index in [0.717, 1.165) is 5.76 Å². The Hall–Kier alpha value is -1.93. The van der Waals surface area contributed by atoms with E-state index in [2.05, 4.69) is 14.9 Å². The lowest BCUT2D eigenvalue weighted by atomic mass is 9.83. The molecule has 2 saturated heterocycles. The van der Waals surface area contributed by atoms with Gasteiger partial charge in [-0.05, 0) is 24.6 Å². The molecule has 0 bridgehead atoms. The molecule has 2 aliphatic rings. The van der Waals surface area contributed by atoms with Crippen LogP contribution < -0.4 is 4.74 Å². The fourth-order valence-corrected chi connectivity index (χ4v) is 6.14. The highest BCUT2D eigenvalue weighted by atomic mass is 32.2. The van der Waals surface area contributed by atoms with Gasteiger partial charge in [0.05, 0.1) is 25.2 Å². The molecular formula is C16H19N3O4S. The third kappa shape index (κ3) is 2.59. The zero-order valence-electron chi connectivity index (χ0n) is 13.2. The summed E-state index contributed by atoms with van der Waals surface area (Å²) < 4.78 is 35.5. The highest BCUT2D eigenvalue weighted by Crippen LogP contribution is 2.45. The van der Waals surface area contributed by atoms with Gasteiger partial charge in [-0.25, -0.2) is 18.4 Å². The van der Waals surface area contributed by atoms with Crippen LogP contribution in [0.5, 0.6) is 6.01 Å². The maximum atomic E-state index is 12.6. The third-order valence-electron chi connectivity index (χ3n) is 5.00. The number of rotatable bonds is 5. The van der Waals surface area contributed by atoms with Gasteiger partial charge in [0.1, 0.15) is 10.5 Å². The summed E-state index contributed by atoms with van der Waals surface area (Å²) in [6.07, 6.45) is 5.48. The van der Waals surface area contributed by atoms with Crippen LogP contribution in [0.4, 0.5) is 0 Å². The fourth-order valence-electron chi connectivity index (χ4n) is 3.69. The third-order valence-corrected chi connectivity index (χ3v) is 7.60. The van der Waals surface area contributed by atoms with Crippen LogP contribution in [0.3, 0.4) is 0 Å². The largest absolute Gasteiger partial charge is 0.468 e. The lowest BCUT2D eigenvalue weighted by Gasteiger charge is -2.49. The van der Waals surface area contributed by atoms with Gasteiger partial charge in [-0.3, -0.25) is 4.90 Å². The molecule has 0 radical (unpaired) electrons. The van der Waals surface area contributed by atoms with Gasteiger partial charge in [0.2, 0.25) is 0 Å². The fraction of sp³-hybridized carbons (Fsp3) is 0.500. The van der Waals surface area contributed by atoms with Crippen LogP contribution in [0, 0.1) is 5.92 Å². The van der Waals surface area contributed by atoms with Crippen LogP contribution in [-0.2, 0) is 16.4 Å². The van der Waals surface area contributed by atoms with Crippen molar-refractivity contribution in [1.29, 1.82) is 0 Å². The monoisotopic (exact) mass is 349 g/mol. The van der Waals surface area contributed by atoms with Crippen LogP contribution in [-0.4, -0.2) is 53.5 Å². The van der Waals surface area contributed by atoms with Crippen molar-refractivity contribution in [3.63, 3.8) is 0 Å². The van der Waals surface area contributed by atoms with Crippen molar-refractivity contribution in [3.8, 4) is 6.01 Å². The molecule has 1 unspecified atom stereocenters. The molecule has 0 aliphatic carbocycles. The summed E-state index contributed by atoms with van der Waals surface area (Å²) in [5.74, 6) is 1.05. The lowest BCUT2D eigenvalue weighted by Crippen LogP contribution is -2.67. The highest BCUT2D eigenvalue weighted by molar-refractivity contribution is 7.93. The van der Waals surface area contributed by atoms with E-state index in [0.29, 0.717) is 38.7 Å². The predicted molar refractivity (Wildman–Crippen MR) is 86.1 cm³/mol. The molecule has 1 atom stereocenters. The number of nitrogens with zero attached hydrogens (tertiary/aromatic N) is 3. The summed E-state index contributed by atoms with van der Waals surface area (Å²) in [5.41, 5.74) is 0. The molecule has 8 heteroatoms. The summed E-state index contributed by atoms with van der Waals surface area (Å²) in [5, 5.41) is 0. The molecule has 2 aliphatic heterocycles. The van der Waals surface area contributed by atoms with Crippen molar-refractivity contribution >= 4 is 9.84 Å². The van der Waals surface area contributed by atoms with Crippen LogP contribution >= 0.6 is 0 Å². The highest BCUT2D eigenvalue weighted by Gasteiger charge is 2.61. The predicted octanol–water partition coefficient (Wildman–Crippen LogP) is 1.14. The van der Waals surface area contributed by atoms with Gasteiger partial charge in [0.25, 0.3) is 0 Å². The number of likely N-dealkylation sites (tertiary alicyclic amines) is 1. The second kappa shape index (κ2) is 5.86. The van der Waals surface area contributed by atoms with Gasteiger partial charge in [0, 0.05) is 31.4 Å². The van der Waals surface area contributed by atoms with Crippen LogP contribution in [0.2, 0.25) is 0 Å². The van der Waals surface area contributed by atoms with E-state index in [4.69, 9.17) is 9.15 Å². The SMILES string of the molecule is O=S1(=O)CCC(COc2ncccn2)C12CN(Cc1ccco1)C2. The minimum Gasteiger partial charge on any atom is -0.468 e. The Labute approximate surface area is 140 Å². The molecule has 7 nitrogen and oxygen atoms in total. The number of sulfone groups is 1. The number of hydrogen-bond donors (Lipinski definition) is 0. The van der Waals surface area contributed by atoms with Crippen molar-refractivity contribution in [2.24, 2.45) is 5.92 Å². The van der Waals surface area contributed by atoms with Gasteiger partial charge in [-0.2, -0.15) is 0 Å². The Morgan fingerprint density at radius 3 is 2.79 bits per heavy atom. The van der Waals surface area contributed by atoms with Crippen molar-refractivity contribution in [1.82, 2.24) is 14.9 Å². The van der Waals surface area contributed by atoms with Crippen molar-refractivity contribution in [2.45, 2.75) is 17.7 Å². The molecule has 2 fully saturated rings. The number of furan rings is 1. The molecule has 0 N–H and O–H groups in total. The summed E-state index contributed by atoms with van der Waals surface area (Å²) in [7, 11) is -3.11. The number of ether oxygens (including phenoxy) is 1. The first-order valence-corrected chi connectivity index (χ1v) is 9.61. The number of hydrogen-bond acceptors (Lipinski definition) is 7. The van der Waals surface area contributed by atoms with E-state index in [1.54, 1.807) is 24.7 Å². The van der Waals surface area contributed by atoms with Crippen LogP contribution in [0.1, 0.15) is 12.2 Å².